The molecular formula is C12H19N3O. The maximum Gasteiger partial charge on any atom is 0.242 e. The summed E-state index contributed by atoms with van der Waals surface area (Å²) in [4.78, 5) is 15.9. The van der Waals surface area contributed by atoms with Crippen molar-refractivity contribution in [2.75, 3.05) is 5.32 Å². The van der Waals surface area contributed by atoms with E-state index in [1.54, 1.807) is 0 Å². The SMILES string of the molecule is CCCC(N)C(=O)Nc1cc(C)cc(C)n1. The van der Waals surface area contributed by atoms with Gasteiger partial charge in [0, 0.05) is 5.69 Å². The molecule has 1 aromatic rings. The molecule has 1 heterocycles. The highest BCUT2D eigenvalue weighted by atomic mass is 16.2. The van der Waals surface area contributed by atoms with E-state index in [2.05, 4.69) is 10.3 Å². The highest BCUT2D eigenvalue weighted by Gasteiger charge is 2.12. The summed E-state index contributed by atoms with van der Waals surface area (Å²) in [5.41, 5.74) is 7.68. The fourth-order valence-corrected chi connectivity index (χ4v) is 1.57. The summed E-state index contributed by atoms with van der Waals surface area (Å²) in [5.74, 6) is 0.411. The lowest BCUT2D eigenvalue weighted by Gasteiger charge is -2.11. The third-order valence-electron chi connectivity index (χ3n) is 2.29. The number of carbonyl (C=O) groups is 1. The van der Waals surface area contributed by atoms with Crippen LogP contribution < -0.4 is 11.1 Å². The second kappa shape index (κ2) is 5.61. The van der Waals surface area contributed by atoms with Gasteiger partial charge in [-0.2, -0.15) is 0 Å². The van der Waals surface area contributed by atoms with Crippen molar-refractivity contribution in [1.82, 2.24) is 4.98 Å². The zero-order valence-corrected chi connectivity index (χ0v) is 10.1. The van der Waals surface area contributed by atoms with Gasteiger partial charge in [0.25, 0.3) is 0 Å². The van der Waals surface area contributed by atoms with E-state index >= 15 is 0 Å². The van der Waals surface area contributed by atoms with Gasteiger partial charge in [-0.1, -0.05) is 13.3 Å². The lowest BCUT2D eigenvalue weighted by Crippen LogP contribution is -2.35. The summed E-state index contributed by atoms with van der Waals surface area (Å²) in [6, 6.07) is 3.35. The van der Waals surface area contributed by atoms with Crippen LogP contribution in [0.1, 0.15) is 31.0 Å². The van der Waals surface area contributed by atoms with Crippen molar-refractivity contribution in [3.05, 3.63) is 23.4 Å². The van der Waals surface area contributed by atoms with Gasteiger partial charge >= 0.3 is 0 Å². The maximum absolute atomic E-state index is 11.6. The Morgan fingerprint density at radius 2 is 2.19 bits per heavy atom. The molecule has 1 aromatic heterocycles. The summed E-state index contributed by atoms with van der Waals surface area (Å²) >= 11 is 0. The van der Waals surface area contributed by atoms with Gasteiger partial charge in [-0.05, 0) is 38.0 Å². The van der Waals surface area contributed by atoms with Crippen LogP contribution in [0, 0.1) is 13.8 Å². The zero-order valence-electron chi connectivity index (χ0n) is 10.1. The van der Waals surface area contributed by atoms with Gasteiger partial charge in [-0.25, -0.2) is 4.98 Å². The molecule has 4 heteroatoms. The first-order valence-corrected chi connectivity index (χ1v) is 5.54. The number of amides is 1. The van der Waals surface area contributed by atoms with E-state index < -0.39 is 6.04 Å². The molecule has 4 nitrogen and oxygen atoms in total. The number of rotatable bonds is 4. The van der Waals surface area contributed by atoms with Gasteiger partial charge in [0.15, 0.2) is 0 Å². The molecule has 1 atom stereocenters. The van der Waals surface area contributed by atoms with Crippen molar-refractivity contribution >= 4 is 11.7 Å². The largest absolute Gasteiger partial charge is 0.320 e. The first kappa shape index (κ1) is 12.6. The topological polar surface area (TPSA) is 68.0 Å². The first-order valence-electron chi connectivity index (χ1n) is 5.54. The van der Waals surface area contributed by atoms with Crippen molar-refractivity contribution in [2.45, 2.75) is 39.7 Å². The molecule has 0 aliphatic heterocycles. The summed E-state index contributed by atoms with van der Waals surface area (Å²) < 4.78 is 0. The van der Waals surface area contributed by atoms with E-state index in [-0.39, 0.29) is 5.91 Å². The standard InChI is InChI=1S/C12H19N3O/c1-4-5-10(13)12(16)15-11-7-8(2)6-9(3)14-11/h6-7,10H,4-5,13H2,1-3H3,(H,14,15,16). The molecule has 88 valence electrons. The summed E-state index contributed by atoms with van der Waals surface area (Å²) in [6.07, 6.45) is 1.59. The van der Waals surface area contributed by atoms with Crippen LogP contribution in [0.15, 0.2) is 12.1 Å². The highest BCUT2D eigenvalue weighted by Crippen LogP contribution is 2.09. The second-order valence-electron chi connectivity index (χ2n) is 4.06. The Labute approximate surface area is 96.3 Å². The predicted molar refractivity (Wildman–Crippen MR) is 65.2 cm³/mol. The molecule has 0 aromatic carbocycles. The molecule has 0 radical (unpaired) electrons. The molecule has 3 N–H and O–H groups in total. The van der Waals surface area contributed by atoms with E-state index in [1.165, 1.54) is 0 Å². The molecule has 0 aliphatic rings. The lowest BCUT2D eigenvalue weighted by molar-refractivity contribution is -0.117. The molecule has 0 aliphatic carbocycles. The fourth-order valence-electron chi connectivity index (χ4n) is 1.57. The first-order chi connectivity index (χ1) is 7.52. The molecule has 0 bridgehead atoms. The maximum atomic E-state index is 11.6. The number of nitrogens with two attached hydrogens (primary N) is 1. The Hall–Kier alpha value is -1.42. The van der Waals surface area contributed by atoms with E-state index in [9.17, 15) is 4.79 Å². The van der Waals surface area contributed by atoms with Crippen molar-refractivity contribution in [2.24, 2.45) is 5.73 Å². The van der Waals surface area contributed by atoms with Gasteiger partial charge in [0.2, 0.25) is 5.91 Å². The van der Waals surface area contributed by atoms with Crippen LogP contribution in [-0.2, 0) is 4.79 Å². The number of anilines is 1. The van der Waals surface area contributed by atoms with Gasteiger partial charge < -0.3 is 11.1 Å². The Morgan fingerprint density at radius 3 is 2.75 bits per heavy atom. The number of hydrogen-bond acceptors (Lipinski definition) is 3. The molecule has 0 saturated carbocycles. The summed E-state index contributed by atoms with van der Waals surface area (Å²) in [7, 11) is 0. The van der Waals surface area contributed by atoms with Crippen molar-refractivity contribution in [1.29, 1.82) is 0 Å². The van der Waals surface area contributed by atoms with Crippen molar-refractivity contribution < 1.29 is 4.79 Å². The lowest BCUT2D eigenvalue weighted by atomic mass is 10.1. The normalized spacial score (nSPS) is 12.2. The molecule has 16 heavy (non-hydrogen) atoms. The van der Waals surface area contributed by atoms with Crippen molar-refractivity contribution in [3.63, 3.8) is 0 Å². The Bertz CT molecular complexity index is 356. The third kappa shape index (κ3) is 3.62. The molecule has 0 saturated heterocycles. The van der Waals surface area contributed by atoms with Crippen LogP contribution in [0.3, 0.4) is 0 Å². The molecule has 1 unspecified atom stereocenters. The highest BCUT2D eigenvalue weighted by molar-refractivity contribution is 5.93. The number of hydrogen-bond donors (Lipinski definition) is 2. The third-order valence-corrected chi connectivity index (χ3v) is 2.29. The van der Waals surface area contributed by atoms with Gasteiger partial charge in [-0.3, -0.25) is 4.79 Å². The van der Waals surface area contributed by atoms with Crippen LogP contribution in [-0.4, -0.2) is 16.9 Å². The quantitative estimate of drug-likeness (QED) is 0.814. The smallest absolute Gasteiger partial charge is 0.242 e. The fraction of sp³-hybridized carbons (Fsp3) is 0.500. The number of nitrogens with zero attached hydrogens (tertiary/aromatic N) is 1. The van der Waals surface area contributed by atoms with E-state index in [0.29, 0.717) is 12.2 Å². The average Bonchev–Trinajstić information content (AvgIpc) is 2.16. The van der Waals surface area contributed by atoms with Crippen LogP contribution in [0.2, 0.25) is 0 Å². The van der Waals surface area contributed by atoms with E-state index in [1.807, 2.05) is 32.9 Å². The predicted octanol–water partition coefficient (Wildman–Crippen LogP) is 1.76. The number of pyridine rings is 1. The Morgan fingerprint density at radius 1 is 1.50 bits per heavy atom. The van der Waals surface area contributed by atoms with Crippen LogP contribution in [0.25, 0.3) is 0 Å². The van der Waals surface area contributed by atoms with Crippen LogP contribution >= 0.6 is 0 Å². The van der Waals surface area contributed by atoms with Gasteiger partial charge in [-0.15, -0.1) is 0 Å². The molecule has 0 spiro atoms. The molecule has 0 fully saturated rings. The number of aryl methyl sites for hydroxylation is 2. The molecule has 1 rings (SSSR count). The van der Waals surface area contributed by atoms with E-state index in [4.69, 9.17) is 5.73 Å². The summed E-state index contributed by atoms with van der Waals surface area (Å²) in [5, 5.41) is 2.73. The summed E-state index contributed by atoms with van der Waals surface area (Å²) in [6.45, 7) is 5.87. The zero-order chi connectivity index (χ0) is 12.1. The minimum absolute atomic E-state index is 0.167. The monoisotopic (exact) mass is 221 g/mol. The molecular weight excluding hydrogens is 202 g/mol. The molecule has 1 amide bonds. The Kier molecular flexibility index (Phi) is 4.43. The minimum Gasteiger partial charge on any atom is -0.320 e. The van der Waals surface area contributed by atoms with Crippen molar-refractivity contribution in [3.8, 4) is 0 Å². The average molecular weight is 221 g/mol. The second-order valence-corrected chi connectivity index (χ2v) is 4.06. The van der Waals surface area contributed by atoms with Crippen LogP contribution in [0.5, 0.6) is 0 Å². The van der Waals surface area contributed by atoms with Gasteiger partial charge in [0.05, 0.1) is 6.04 Å². The van der Waals surface area contributed by atoms with Crippen LogP contribution in [0.4, 0.5) is 5.82 Å². The Balaban J connectivity index is 2.69. The van der Waals surface area contributed by atoms with E-state index in [0.717, 1.165) is 17.7 Å². The van der Waals surface area contributed by atoms with Gasteiger partial charge in [0.1, 0.15) is 5.82 Å². The number of aromatic nitrogens is 1. The number of nitrogens with one attached hydrogen (secondary N) is 1. The number of carbonyl (C=O) groups excluding carboxylic acids is 1. The minimum atomic E-state index is -0.451.